The smallest absolute Gasteiger partial charge is 0.188 e. The van der Waals surface area contributed by atoms with Crippen molar-refractivity contribution in [3.8, 4) is 17.0 Å². The molecule has 0 aliphatic rings. The minimum absolute atomic E-state index is 0. The number of aromatic nitrogens is 1. The molecule has 1 aromatic heterocycles. The van der Waals surface area contributed by atoms with Crippen LogP contribution in [0.5, 0.6) is 5.75 Å². The minimum atomic E-state index is 0. The van der Waals surface area contributed by atoms with Crippen LogP contribution in [0.15, 0.2) is 42.5 Å². The van der Waals surface area contributed by atoms with E-state index in [-0.39, 0.29) is 17.0 Å². The van der Waals surface area contributed by atoms with E-state index in [0.29, 0.717) is 15.7 Å². The summed E-state index contributed by atoms with van der Waals surface area (Å²) in [5.74, 6) is 0.822. The van der Waals surface area contributed by atoms with Crippen molar-refractivity contribution in [1.82, 2.24) is 4.98 Å². The molecule has 0 saturated heterocycles. The lowest BCUT2D eigenvalue weighted by Gasteiger charge is -2.07. The van der Waals surface area contributed by atoms with Gasteiger partial charge in [0.1, 0.15) is 5.75 Å². The Balaban J connectivity index is 0.00000208. The van der Waals surface area contributed by atoms with Crippen molar-refractivity contribution >= 4 is 62.3 Å². The van der Waals surface area contributed by atoms with Crippen LogP contribution >= 0.6 is 51.5 Å². The van der Waals surface area contributed by atoms with Crippen LogP contribution in [0, 0.1) is 6.92 Å². The molecule has 0 unspecified atom stereocenters. The average Bonchev–Trinajstić information content (AvgIpc) is 2.92. The van der Waals surface area contributed by atoms with Crippen molar-refractivity contribution in [1.29, 1.82) is 0 Å². The molecule has 0 aliphatic carbocycles. The topological polar surface area (TPSA) is 34.1 Å². The highest BCUT2D eigenvalue weighted by Gasteiger charge is 2.12. The number of nitrogens with zero attached hydrogens (tertiary/aromatic N) is 1. The van der Waals surface area contributed by atoms with E-state index in [1.807, 2.05) is 37.3 Å². The first kappa shape index (κ1) is 19.1. The Morgan fingerprint density at radius 2 is 1.67 bits per heavy atom. The Bertz CT molecular complexity index is 817. The predicted octanol–water partition coefficient (Wildman–Crippen LogP) is 6.76. The molecule has 2 aromatic carbocycles. The molecule has 0 fully saturated rings. The summed E-state index contributed by atoms with van der Waals surface area (Å²) in [6.07, 6.45) is 0. The van der Waals surface area contributed by atoms with E-state index >= 15 is 0 Å². The number of ether oxygens (including phenoxy) is 1. The molecule has 3 rings (SSSR count). The molecule has 3 aromatic rings. The van der Waals surface area contributed by atoms with Crippen LogP contribution in [0.3, 0.4) is 0 Å². The highest BCUT2D eigenvalue weighted by atomic mass is 79.9. The van der Waals surface area contributed by atoms with Gasteiger partial charge in [-0.3, -0.25) is 0 Å². The van der Waals surface area contributed by atoms with Crippen LogP contribution in [0.2, 0.25) is 10.0 Å². The van der Waals surface area contributed by atoms with Crippen molar-refractivity contribution < 1.29 is 4.74 Å². The van der Waals surface area contributed by atoms with E-state index in [0.717, 1.165) is 27.0 Å². The van der Waals surface area contributed by atoms with Crippen molar-refractivity contribution in [2.24, 2.45) is 0 Å². The number of anilines is 2. The lowest BCUT2D eigenvalue weighted by Crippen LogP contribution is -1.92. The van der Waals surface area contributed by atoms with Gasteiger partial charge < -0.3 is 10.1 Å². The molecule has 0 bridgehead atoms. The largest absolute Gasteiger partial charge is 0.497 e. The van der Waals surface area contributed by atoms with Gasteiger partial charge in [-0.2, -0.15) is 0 Å². The van der Waals surface area contributed by atoms with Gasteiger partial charge in [-0.1, -0.05) is 29.3 Å². The van der Waals surface area contributed by atoms with Gasteiger partial charge in [0, 0.05) is 10.4 Å². The average molecular weight is 446 g/mol. The van der Waals surface area contributed by atoms with E-state index in [9.17, 15) is 0 Å². The number of methoxy groups -OCH3 is 1. The third-order valence-electron chi connectivity index (χ3n) is 3.35. The molecule has 3 nitrogen and oxygen atoms in total. The fourth-order valence-electron chi connectivity index (χ4n) is 2.19. The van der Waals surface area contributed by atoms with Gasteiger partial charge in [0.15, 0.2) is 5.13 Å². The molecule has 0 radical (unpaired) electrons. The molecule has 0 atom stereocenters. The number of thiazole rings is 1. The van der Waals surface area contributed by atoms with Crippen molar-refractivity contribution in [2.75, 3.05) is 12.4 Å². The van der Waals surface area contributed by atoms with E-state index in [1.54, 1.807) is 30.6 Å². The second kappa shape index (κ2) is 8.21. The number of para-hydroxylation sites is 1. The third-order valence-corrected chi connectivity index (χ3v) is 4.87. The Labute approximate surface area is 165 Å². The molecule has 0 saturated carbocycles. The number of aryl methyl sites for hydroxylation is 1. The van der Waals surface area contributed by atoms with Gasteiger partial charge in [0.25, 0.3) is 0 Å². The molecule has 1 N–H and O–H groups in total. The number of rotatable bonds is 4. The maximum atomic E-state index is 6.19. The molecule has 0 spiro atoms. The lowest BCUT2D eigenvalue weighted by molar-refractivity contribution is 0.415. The first-order valence-electron chi connectivity index (χ1n) is 6.91. The standard InChI is InChI=1S/C17H14Cl2N2OS.BrH/c1-10-15(11-6-8-12(22-2)9-7-11)20-17(23-10)21-16-13(18)4-3-5-14(16)19;/h3-9H,1-2H3,(H,20,21);1H. The van der Waals surface area contributed by atoms with Crippen molar-refractivity contribution in [3.05, 3.63) is 57.4 Å². The molecule has 1 heterocycles. The minimum Gasteiger partial charge on any atom is -0.497 e. The first-order chi connectivity index (χ1) is 11.1. The number of halogens is 3. The maximum Gasteiger partial charge on any atom is 0.188 e. The van der Waals surface area contributed by atoms with Gasteiger partial charge in [-0.05, 0) is 43.3 Å². The van der Waals surface area contributed by atoms with Crippen LogP contribution in [0.1, 0.15) is 4.88 Å². The summed E-state index contributed by atoms with van der Waals surface area (Å²) >= 11 is 13.9. The van der Waals surface area contributed by atoms with Crippen molar-refractivity contribution in [2.45, 2.75) is 6.92 Å². The summed E-state index contributed by atoms with van der Waals surface area (Å²) in [6, 6.07) is 13.2. The quantitative estimate of drug-likeness (QED) is 0.481. The van der Waals surface area contributed by atoms with E-state index in [1.165, 1.54) is 0 Å². The van der Waals surface area contributed by atoms with Gasteiger partial charge >= 0.3 is 0 Å². The summed E-state index contributed by atoms with van der Waals surface area (Å²) < 4.78 is 5.19. The van der Waals surface area contributed by atoms with Crippen molar-refractivity contribution in [3.63, 3.8) is 0 Å². The van der Waals surface area contributed by atoms with E-state index < -0.39 is 0 Å². The predicted molar refractivity (Wildman–Crippen MR) is 109 cm³/mol. The number of nitrogens with one attached hydrogen (secondary N) is 1. The number of hydrogen-bond donors (Lipinski definition) is 1. The summed E-state index contributed by atoms with van der Waals surface area (Å²) in [5, 5.41) is 5.10. The maximum absolute atomic E-state index is 6.19. The van der Waals surface area contributed by atoms with Gasteiger partial charge in [0.05, 0.1) is 28.5 Å². The molecule has 7 heteroatoms. The Morgan fingerprint density at radius 1 is 1.04 bits per heavy atom. The summed E-state index contributed by atoms with van der Waals surface area (Å²) in [7, 11) is 1.65. The summed E-state index contributed by atoms with van der Waals surface area (Å²) in [5.41, 5.74) is 2.65. The zero-order valence-corrected chi connectivity index (χ0v) is 17.0. The first-order valence-corrected chi connectivity index (χ1v) is 8.48. The lowest BCUT2D eigenvalue weighted by atomic mass is 10.1. The fraction of sp³-hybridized carbons (Fsp3) is 0.118. The molecular formula is C17H15BrCl2N2OS. The second-order valence-electron chi connectivity index (χ2n) is 4.87. The van der Waals surface area contributed by atoms with Crippen LogP contribution < -0.4 is 10.1 Å². The summed E-state index contributed by atoms with van der Waals surface area (Å²) in [4.78, 5) is 5.77. The highest BCUT2D eigenvalue weighted by molar-refractivity contribution is 8.93. The van der Waals surface area contributed by atoms with Crippen LogP contribution in [-0.4, -0.2) is 12.1 Å². The molecule has 0 amide bonds. The molecular weight excluding hydrogens is 431 g/mol. The van der Waals surface area contributed by atoms with Crippen LogP contribution in [-0.2, 0) is 0 Å². The molecule has 0 aliphatic heterocycles. The zero-order chi connectivity index (χ0) is 16.4. The third kappa shape index (κ3) is 4.03. The second-order valence-corrected chi connectivity index (χ2v) is 6.89. The Kier molecular flexibility index (Phi) is 6.52. The zero-order valence-electron chi connectivity index (χ0n) is 13.0. The fourth-order valence-corrected chi connectivity index (χ4v) is 3.52. The Hall–Kier alpha value is -1.27. The van der Waals surface area contributed by atoms with E-state index in [2.05, 4.69) is 10.3 Å². The Morgan fingerprint density at radius 3 is 2.25 bits per heavy atom. The normalized spacial score (nSPS) is 10.2. The summed E-state index contributed by atoms with van der Waals surface area (Å²) in [6.45, 7) is 2.04. The van der Waals surface area contributed by atoms with Gasteiger partial charge in [0.2, 0.25) is 0 Å². The van der Waals surface area contributed by atoms with Crippen LogP contribution in [0.25, 0.3) is 11.3 Å². The van der Waals surface area contributed by atoms with Crippen LogP contribution in [0.4, 0.5) is 10.8 Å². The number of benzene rings is 2. The van der Waals surface area contributed by atoms with Gasteiger partial charge in [-0.15, -0.1) is 28.3 Å². The SMILES string of the molecule is Br.COc1ccc(-c2nc(Nc3c(Cl)cccc3Cl)sc2C)cc1. The number of hydrogen-bond acceptors (Lipinski definition) is 4. The van der Waals surface area contributed by atoms with E-state index in [4.69, 9.17) is 27.9 Å². The molecule has 24 heavy (non-hydrogen) atoms. The van der Waals surface area contributed by atoms with Gasteiger partial charge in [-0.25, -0.2) is 4.98 Å². The molecule has 126 valence electrons. The highest BCUT2D eigenvalue weighted by Crippen LogP contribution is 2.37. The monoisotopic (exact) mass is 444 g/mol.